The van der Waals surface area contributed by atoms with Crippen LogP contribution in [0.4, 0.5) is 10.5 Å². The number of aromatic nitrogens is 2. The van der Waals surface area contributed by atoms with Gasteiger partial charge in [0.1, 0.15) is 18.4 Å². The van der Waals surface area contributed by atoms with Crippen LogP contribution in [0.5, 0.6) is 5.75 Å². The van der Waals surface area contributed by atoms with Gasteiger partial charge in [0.15, 0.2) is 0 Å². The molecule has 1 saturated heterocycles. The molecule has 2 N–H and O–H groups in total. The summed E-state index contributed by atoms with van der Waals surface area (Å²) in [6, 6.07) is 12.3. The molecule has 0 bridgehead atoms. The van der Waals surface area contributed by atoms with E-state index in [0.29, 0.717) is 42.4 Å². The van der Waals surface area contributed by atoms with Crippen LogP contribution >= 0.6 is 0 Å². The van der Waals surface area contributed by atoms with Gasteiger partial charge in [-0.1, -0.05) is 26.0 Å². The highest BCUT2D eigenvalue weighted by Crippen LogP contribution is 2.32. The van der Waals surface area contributed by atoms with E-state index in [1.165, 1.54) is 0 Å². The van der Waals surface area contributed by atoms with Gasteiger partial charge in [0.25, 0.3) is 0 Å². The summed E-state index contributed by atoms with van der Waals surface area (Å²) in [6.07, 6.45) is 2.66. The Labute approximate surface area is 205 Å². The van der Waals surface area contributed by atoms with E-state index >= 15 is 0 Å². The predicted octanol–water partition coefficient (Wildman–Crippen LogP) is 3.12. The second-order valence-electron chi connectivity index (χ2n) is 9.31. The van der Waals surface area contributed by atoms with Crippen molar-refractivity contribution in [2.45, 2.75) is 26.9 Å². The first-order valence-corrected chi connectivity index (χ1v) is 12.0. The maximum atomic E-state index is 12.3. The van der Waals surface area contributed by atoms with Gasteiger partial charge in [0.05, 0.1) is 29.6 Å². The number of benzene rings is 1. The molecular formula is C26H32N6O3. The largest absolute Gasteiger partial charge is 0.489 e. The normalized spacial score (nSPS) is 14.7. The highest BCUT2D eigenvalue weighted by atomic mass is 16.5. The van der Waals surface area contributed by atoms with Crippen LogP contribution in [0.25, 0.3) is 16.6 Å². The molecule has 0 saturated carbocycles. The van der Waals surface area contributed by atoms with Crippen molar-refractivity contribution in [2.24, 2.45) is 5.92 Å². The Morgan fingerprint density at radius 2 is 1.91 bits per heavy atom. The number of fused-ring (bicyclic) bond motifs is 1. The van der Waals surface area contributed by atoms with Crippen LogP contribution in [0.3, 0.4) is 0 Å². The van der Waals surface area contributed by atoms with Gasteiger partial charge < -0.3 is 25.0 Å². The summed E-state index contributed by atoms with van der Waals surface area (Å²) in [5.41, 5.74) is 4.05. The molecule has 0 spiro atoms. The number of aliphatic hydroxyl groups excluding tert-OH is 1. The topological polar surface area (TPSA) is 106 Å². The van der Waals surface area contributed by atoms with Crippen LogP contribution in [-0.4, -0.2) is 71.1 Å². The van der Waals surface area contributed by atoms with Crippen LogP contribution in [-0.2, 0) is 0 Å². The third-order valence-electron chi connectivity index (χ3n) is 5.97. The Bertz CT molecular complexity index is 1200. The standard InChI is InChI=1S/C26H32N6O3/c1-18(2)14-28-26(34)31-10-8-30(9-11-31)22-6-4-20(5-7-22)24-12-23(35-17-19(3)33)16-32-25(24)21(13-27)15-29-32/h4-7,12,15-16,18-19,33H,8-11,14,17H2,1-3H3,(H,28,34)/t19-/m1/s1. The molecule has 35 heavy (non-hydrogen) atoms. The van der Waals surface area contributed by atoms with Crippen molar-refractivity contribution in [1.29, 1.82) is 5.26 Å². The maximum Gasteiger partial charge on any atom is 0.317 e. The van der Waals surface area contributed by atoms with E-state index in [2.05, 4.69) is 47.4 Å². The third-order valence-corrected chi connectivity index (χ3v) is 5.97. The van der Waals surface area contributed by atoms with Crippen LogP contribution in [0, 0.1) is 17.2 Å². The van der Waals surface area contributed by atoms with Crippen LogP contribution in [0.15, 0.2) is 42.7 Å². The summed E-state index contributed by atoms with van der Waals surface area (Å²) in [4.78, 5) is 16.5. The number of nitrogens with one attached hydrogen (secondary N) is 1. The molecule has 3 heterocycles. The lowest BCUT2D eigenvalue weighted by atomic mass is 10.0. The molecule has 9 nitrogen and oxygen atoms in total. The summed E-state index contributed by atoms with van der Waals surface area (Å²) >= 11 is 0. The van der Waals surface area contributed by atoms with E-state index in [1.807, 2.05) is 23.1 Å². The quantitative estimate of drug-likeness (QED) is 0.543. The molecule has 1 aliphatic heterocycles. The minimum atomic E-state index is -0.595. The molecule has 2 amide bonds. The van der Waals surface area contributed by atoms with Crippen LogP contribution in [0.1, 0.15) is 26.3 Å². The SMILES string of the molecule is CC(C)CNC(=O)N1CCN(c2ccc(-c3cc(OC[C@@H](C)O)cn4ncc(C#N)c34)cc2)CC1. The van der Waals surface area contributed by atoms with Crippen molar-refractivity contribution < 1.29 is 14.6 Å². The van der Waals surface area contributed by atoms with Crippen molar-refractivity contribution in [1.82, 2.24) is 19.8 Å². The Morgan fingerprint density at radius 1 is 1.20 bits per heavy atom. The van der Waals surface area contributed by atoms with Gasteiger partial charge in [0.2, 0.25) is 0 Å². The highest BCUT2D eigenvalue weighted by Gasteiger charge is 2.21. The Balaban J connectivity index is 1.51. The maximum absolute atomic E-state index is 12.3. The van der Waals surface area contributed by atoms with E-state index < -0.39 is 6.10 Å². The Morgan fingerprint density at radius 3 is 2.54 bits per heavy atom. The molecule has 184 valence electrons. The molecule has 4 rings (SSSR count). The minimum Gasteiger partial charge on any atom is -0.489 e. The second kappa shape index (κ2) is 10.7. The smallest absolute Gasteiger partial charge is 0.317 e. The van der Waals surface area contributed by atoms with Gasteiger partial charge in [-0.15, -0.1) is 0 Å². The molecule has 0 radical (unpaired) electrons. The molecule has 2 aromatic heterocycles. The lowest BCUT2D eigenvalue weighted by Gasteiger charge is -2.36. The van der Waals surface area contributed by atoms with Crippen molar-refractivity contribution in [3.8, 4) is 22.9 Å². The number of aliphatic hydroxyl groups is 1. The van der Waals surface area contributed by atoms with Crippen molar-refractivity contribution in [3.63, 3.8) is 0 Å². The number of ether oxygens (including phenoxy) is 1. The number of carbonyl (C=O) groups is 1. The zero-order chi connectivity index (χ0) is 24.9. The van der Waals surface area contributed by atoms with Gasteiger partial charge in [0, 0.05) is 44.0 Å². The average Bonchev–Trinajstić information content (AvgIpc) is 3.29. The first kappa shape index (κ1) is 24.4. The van der Waals surface area contributed by atoms with Crippen molar-refractivity contribution >= 4 is 17.2 Å². The lowest BCUT2D eigenvalue weighted by molar-refractivity contribution is 0.122. The number of pyridine rings is 1. The molecule has 1 fully saturated rings. The Hall–Kier alpha value is -3.77. The molecule has 1 atom stereocenters. The zero-order valence-electron chi connectivity index (χ0n) is 20.4. The summed E-state index contributed by atoms with van der Waals surface area (Å²) in [7, 11) is 0. The van der Waals surface area contributed by atoms with E-state index in [9.17, 15) is 15.2 Å². The monoisotopic (exact) mass is 476 g/mol. The number of anilines is 1. The number of amides is 2. The molecular weight excluding hydrogens is 444 g/mol. The lowest BCUT2D eigenvalue weighted by Crippen LogP contribution is -2.52. The number of nitriles is 1. The fraction of sp³-hybridized carbons (Fsp3) is 0.423. The number of piperazine rings is 1. The molecule has 1 aromatic carbocycles. The fourth-order valence-corrected chi connectivity index (χ4v) is 4.12. The first-order valence-electron chi connectivity index (χ1n) is 12.0. The van der Waals surface area contributed by atoms with Gasteiger partial charge in [-0.2, -0.15) is 10.4 Å². The summed E-state index contributed by atoms with van der Waals surface area (Å²) in [5.74, 6) is 0.995. The summed E-state index contributed by atoms with van der Waals surface area (Å²) in [5, 5.41) is 26.4. The van der Waals surface area contributed by atoms with Crippen molar-refractivity contribution in [3.05, 3.63) is 48.3 Å². The van der Waals surface area contributed by atoms with E-state index in [0.717, 1.165) is 29.9 Å². The van der Waals surface area contributed by atoms with Gasteiger partial charge in [-0.25, -0.2) is 9.31 Å². The molecule has 9 heteroatoms. The number of hydrogen-bond donors (Lipinski definition) is 2. The van der Waals surface area contributed by atoms with E-state index in [-0.39, 0.29) is 12.6 Å². The number of carbonyl (C=O) groups excluding carboxylic acids is 1. The van der Waals surface area contributed by atoms with E-state index in [1.54, 1.807) is 23.8 Å². The minimum absolute atomic E-state index is 0.00418. The third kappa shape index (κ3) is 5.66. The fourth-order valence-electron chi connectivity index (χ4n) is 4.12. The predicted molar refractivity (Wildman–Crippen MR) is 135 cm³/mol. The highest BCUT2D eigenvalue weighted by molar-refractivity contribution is 5.85. The molecule has 0 aliphatic carbocycles. The van der Waals surface area contributed by atoms with Gasteiger partial charge in [-0.3, -0.25) is 0 Å². The van der Waals surface area contributed by atoms with Gasteiger partial charge in [-0.05, 0) is 36.6 Å². The average molecular weight is 477 g/mol. The number of urea groups is 1. The molecule has 0 unspecified atom stereocenters. The second-order valence-corrected chi connectivity index (χ2v) is 9.31. The number of nitrogens with zero attached hydrogens (tertiary/aromatic N) is 5. The molecule has 3 aromatic rings. The van der Waals surface area contributed by atoms with Gasteiger partial charge >= 0.3 is 6.03 Å². The summed E-state index contributed by atoms with van der Waals surface area (Å²) < 4.78 is 7.36. The Kier molecular flexibility index (Phi) is 7.42. The zero-order valence-corrected chi connectivity index (χ0v) is 20.4. The molecule has 1 aliphatic rings. The van der Waals surface area contributed by atoms with E-state index in [4.69, 9.17) is 4.74 Å². The van der Waals surface area contributed by atoms with Crippen LogP contribution < -0.4 is 15.0 Å². The summed E-state index contributed by atoms with van der Waals surface area (Å²) in [6.45, 7) is 9.57. The van der Waals surface area contributed by atoms with Crippen molar-refractivity contribution in [2.75, 3.05) is 44.2 Å². The number of hydrogen-bond acceptors (Lipinski definition) is 6. The van der Waals surface area contributed by atoms with Crippen LogP contribution in [0.2, 0.25) is 0 Å². The first-order chi connectivity index (χ1) is 16.9. The number of rotatable bonds is 7.